The van der Waals surface area contributed by atoms with Gasteiger partial charge in [-0.15, -0.1) is 6.58 Å². The third-order valence-electron chi connectivity index (χ3n) is 2.90. The number of carbonyl (C=O) groups is 1. The number of allylic oxidation sites excluding steroid dienone is 2. The van der Waals surface area contributed by atoms with Crippen molar-refractivity contribution in [3.8, 4) is 5.75 Å². The molecule has 1 N–H and O–H groups in total. The molecule has 0 aliphatic carbocycles. The summed E-state index contributed by atoms with van der Waals surface area (Å²) in [6.45, 7) is 6.96. The minimum Gasteiger partial charge on any atom is -0.497 e. The number of amides is 1. The van der Waals surface area contributed by atoms with E-state index in [9.17, 15) is 13.2 Å². The molecule has 1 aromatic rings. The van der Waals surface area contributed by atoms with Crippen molar-refractivity contribution in [1.29, 1.82) is 0 Å². The van der Waals surface area contributed by atoms with E-state index < -0.39 is 15.9 Å². The van der Waals surface area contributed by atoms with Gasteiger partial charge in [0.1, 0.15) is 10.6 Å². The molecular formula is C15H18ClNO4S. The molecule has 0 saturated heterocycles. The van der Waals surface area contributed by atoms with Crippen molar-refractivity contribution in [3.63, 3.8) is 0 Å². The molecule has 0 bridgehead atoms. The summed E-state index contributed by atoms with van der Waals surface area (Å²) in [5.41, 5.74) is 0.273. The van der Waals surface area contributed by atoms with Gasteiger partial charge in [0.15, 0.2) is 0 Å². The third kappa shape index (κ3) is 4.61. The van der Waals surface area contributed by atoms with Gasteiger partial charge in [0.05, 0.1) is 12.1 Å². The lowest BCUT2D eigenvalue weighted by Crippen LogP contribution is -2.31. The van der Waals surface area contributed by atoms with Crippen LogP contribution >= 0.6 is 11.6 Å². The zero-order chi connectivity index (χ0) is 16.9. The number of carbonyl (C=O) groups excluding carboxylic acids is 1. The van der Waals surface area contributed by atoms with Gasteiger partial charge >= 0.3 is 0 Å². The van der Waals surface area contributed by atoms with Gasteiger partial charge in [-0.3, -0.25) is 4.79 Å². The first-order chi connectivity index (χ1) is 10.2. The Morgan fingerprint density at radius 2 is 2.09 bits per heavy atom. The Morgan fingerprint density at radius 3 is 2.64 bits per heavy atom. The lowest BCUT2D eigenvalue weighted by atomic mass is 10.1. The van der Waals surface area contributed by atoms with Crippen LogP contribution in [0.2, 0.25) is 5.02 Å². The molecular weight excluding hydrogens is 326 g/mol. The maximum absolute atomic E-state index is 12.3. The molecule has 0 aliphatic heterocycles. The Kier molecular flexibility index (Phi) is 6.20. The fourth-order valence-electron chi connectivity index (χ4n) is 1.61. The summed E-state index contributed by atoms with van der Waals surface area (Å²) < 4.78 is 31.5. The first kappa shape index (κ1) is 18.3. The maximum atomic E-state index is 12.3. The predicted octanol–water partition coefficient (Wildman–Crippen LogP) is 2.92. The van der Waals surface area contributed by atoms with Gasteiger partial charge in [-0.1, -0.05) is 30.7 Å². The highest BCUT2D eigenvalue weighted by Gasteiger charge is 2.22. The van der Waals surface area contributed by atoms with Crippen molar-refractivity contribution in [2.75, 3.05) is 7.11 Å². The van der Waals surface area contributed by atoms with Gasteiger partial charge in [-0.25, -0.2) is 13.1 Å². The standard InChI is InChI=1S/C15H18ClNO4S/c1-5-10(2)8-11(3)15(18)17-22(19,20)14-9-12(21-4)6-7-13(14)16/h5-10H,1H2,2-4H3,(H,17,18)/b11-8+. The molecule has 0 aromatic heterocycles. The topological polar surface area (TPSA) is 72.5 Å². The summed E-state index contributed by atoms with van der Waals surface area (Å²) in [6, 6.07) is 4.17. The smallest absolute Gasteiger partial charge is 0.265 e. The van der Waals surface area contributed by atoms with Gasteiger partial charge in [0.25, 0.3) is 15.9 Å². The minimum atomic E-state index is -4.09. The van der Waals surface area contributed by atoms with Gasteiger partial charge in [0, 0.05) is 11.6 Å². The van der Waals surface area contributed by atoms with Crippen LogP contribution in [0.3, 0.4) is 0 Å². The molecule has 0 saturated carbocycles. The van der Waals surface area contributed by atoms with Gasteiger partial charge < -0.3 is 4.74 Å². The molecule has 0 heterocycles. The largest absolute Gasteiger partial charge is 0.497 e. The van der Waals surface area contributed by atoms with Crippen LogP contribution in [-0.2, 0) is 14.8 Å². The highest BCUT2D eigenvalue weighted by atomic mass is 35.5. The second-order valence-electron chi connectivity index (χ2n) is 4.68. The van der Waals surface area contributed by atoms with Gasteiger partial charge in [-0.05, 0) is 25.0 Å². The summed E-state index contributed by atoms with van der Waals surface area (Å²) in [7, 11) is -2.68. The Morgan fingerprint density at radius 1 is 1.45 bits per heavy atom. The number of hydrogen-bond donors (Lipinski definition) is 1. The first-order valence-corrected chi connectivity index (χ1v) is 8.29. The Hall–Kier alpha value is -1.79. The SMILES string of the molecule is C=CC(C)/C=C(\C)C(=O)NS(=O)(=O)c1cc(OC)ccc1Cl. The van der Waals surface area contributed by atoms with Crippen LogP contribution in [0.15, 0.2) is 47.4 Å². The maximum Gasteiger partial charge on any atom is 0.265 e. The first-order valence-electron chi connectivity index (χ1n) is 6.43. The van der Waals surface area contributed by atoms with Crippen molar-refractivity contribution in [1.82, 2.24) is 4.72 Å². The van der Waals surface area contributed by atoms with Crippen LogP contribution in [0.5, 0.6) is 5.75 Å². The molecule has 1 rings (SSSR count). The zero-order valence-corrected chi connectivity index (χ0v) is 14.2. The van der Waals surface area contributed by atoms with Crippen LogP contribution in [0.1, 0.15) is 13.8 Å². The molecule has 120 valence electrons. The Bertz CT molecular complexity index is 710. The van der Waals surface area contributed by atoms with Crippen molar-refractivity contribution in [3.05, 3.63) is 47.5 Å². The van der Waals surface area contributed by atoms with Crippen molar-refractivity contribution < 1.29 is 17.9 Å². The minimum absolute atomic E-state index is 0.00203. The lowest BCUT2D eigenvalue weighted by Gasteiger charge is -2.10. The number of ether oxygens (including phenoxy) is 1. The molecule has 0 fully saturated rings. The van der Waals surface area contributed by atoms with Crippen LogP contribution in [0.4, 0.5) is 0 Å². The normalized spacial score (nSPS) is 13.4. The Labute approximate surface area is 135 Å². The molecule has 1 aromatic carbocycles. The summed E-state index contributed by atoms with van der Waals surface area (Å²) in [5, 5.41) is 0.00203. The third-order valence-corrected chi connectivity index (χ3v) is 4.71. The lowest BCUT2D eigenvalue weighted by molar-refractivity contribution is -0.115. The van der Waals surface area contributed by atoms with Crippen LogP contribution < -0.4 is 9.46 Å². The summed E-state index contributed by atoms with van der Waals surface area (Å²) in [5.74, 6) is -0.439. The molecule has 0 radical (unpaired) electrons. The quantitative estimate of drug-likeness (QED) is 0.636. The molecule has 0 spiro atoms. The van der Waals surface area contributed by atoms with E-state index in [-0.39, 0.29) is 21.4 Å². The number of rotatable bonds is 6. The monoisotopic (exact) mass is 343 g/mol. The van der Waals surface area contributed by atoms with Crippen molar-refractivity contribution >= 4 is 27.5 Å². The number of sulfonamides is 1. The fraction of sp³-hybridized carbons (Fsp3) is 0.267. The molecule has 1 amide bonds. The van der Waals surface area contributed by atoms with Crippen LogP contribution in [0.25, 0.3) is 0 Å². The van der Waals surface area contributed by atoms with Gasteiger partial charge in [0.2, 0.25) is 0 Å². The van der Waals surface area contributed by atoms with E-state index in [2.05, 4.69) is 6.58 Å². The zero-order valence-electron chi connectivity index (χ0n) is 12.6. The number of hydrogen-bond acceptors (Lipinski definition) is 4. The van der Waals surface area contributed by atoms with E-state index in [0.717, 1.165) is 0 Å². The Balaban J connectivity index is 3.09. The highest BCUT2D eigenvalue weighted by Crippen LogP contribution is 2.26. The van der Waals surface area contributed by atoms with Crippen molar-refractivity contribution in [2.45, 2.75) is 18.7 Å². The molecule has 0 aliphatic rings. The van der Waals surface area contributed by atoms with Crippen LogP contribution in [0, 0.1) is 5.92 Å². The number of methoxy groups -OCH3 is 1. The average molecular weight is 344 g/mol. The van der Waals surface area contributed by atoms with E-state index in [0.29, 0.717) is 5.75 Å². The molecule has 1 unspecified atom stereocenters. The summed E-state index contributed by atoms with van der Waals surface area (Å²) in [6.07, 6.45) is 3.26. The van der Waals surface area contributed by atoms with Gasteiger partial charge in [-0.2, -0.15) is 0 Å². The van der Waals surface area contributed by atoms with E-state index in [1.165, 1.54) is 32.2 Å². The summed E-state index contributed by atoms with van der Waals surface area (Å²) in [4.78, 5) is 11.8. The predicted molar refractivity (Wildman–Crippen MR) is 86.5 cm³/mol. The molecule has 22 heavy (non-hydrogen) atoms. The average Bonchev–Trinajstić information content (AvgIpc) is 2.46. The highest BCUT2D eigenvalue weighted by molar-refractivity contribution is 7.90. The number of benzene rings is 1. The number of halogens is 1. The fourth-order valence-corrected chi connectivity index (χ4v) is 3.15. The summed E-state index contributed by atoms with van der Waals surface area (Å²) >= 11 is 5.89. The molecule has 1 atom stereocenters. The number of nitrogens with one attached hydrogen (secondary N) is 1. The van der Waals surface area contributed by atoms with E-state index in [1.807, 2.05) is 11.6 Å². The second-order valence-corrected chi connectivity index (χ2v) is 6.73. The second kappa shape index (κ2) is 7.47. The van der Waals surface area contributed by atoms with E-state index in [4.69, 9.17) is 16.3 Å². The van der Waals surface area contributed by atoms with E-state index in [1.54, 1.807) is 12.2 Å². The molecule has 5 nitrogen and oxygen atoms in total. The van der Waals surface area contributed by atoms with E-state index >= 15 is 0 Å². The van der Waals surface area contributed by atoms with Crippen molar-refractivity contribution in [2.24, 2.45) is 5.92 Å². The molecule has 7 heteroatoms. The van der Waals surface area contributed by atoms with Crippen LogP contribution in [-0.4, -0.2) is 21.4 Å².